The van der Waals surface area contributed by atoms with Crippen LogP contribution in [0.1, 0.15) is 27.2 Å². The van der Waals surface area contributed by atoms with Crippen molar-refractivity contribution in [3.63, 3.8) is 0 Å². The standard InChI is InChI=1S/C11H23NO4/c1-9(2)12(6-5-7-13)8-11(3,15)10(14)16-4/h9,13,15H,5-8H2,1-4H3. The predicted octanol–water partition coefficient (Wildman–Crippen LogP) is 0.00320. The second-order valence-corrected chi connectivity index (χ2v) is 4.41. The lowest BCUT2D eigenvalue weighted by molar-refractivity contribution is -0.162. The predicted molar refractivity (Wildman–Crippen MR) is 61.1 cm³/mol. The van der Waals surface area contributed by atoms with Crippen LogP contribution < -0.4 is 0 Å². The molecule has 0 aliphatic heterocycles. The molecular weight excluding hydrogens is 210 g/mol. The third kappa shape index (κ3) is 4.92. The van der Waals surface area contributed by atoms with E-state index >= 15 is 0 Å². The highest BCUT2D eigenvalue weighted by Crippen LogP contribution is 2.11. The van der Waals surface area contributed by atoms with Gasteiger partial charge in [0.15, 0.2) is 5.60 Å². The molecule has 0 spiro atoms. The van der Waals surface area contributed by atoms with Crippen molar-refractivity contribution in [2.24, 2.45) is 0 Å². The topological polar surface area (TPSA) is 70.0 Å². The summed E-state index contributed by atoms with van der Waals surface area (Å²) in [6, 6.07) is 0.197. The van der Waals surface area contributed by atoms with Crippen molar-refractivity contribution in [1.29, 1.82) is 0 Å². The molecule has 0 rings (SSSR count). The van der Waals surface area contributed by atoms with E-state index in [0.29, 0.717) is 13.0 Å². The smallest absolute Gasteiger partial charge is 0.338 e. The van der Waals surface area contributed by atoms with E-state index < -0.39 is 11.6 Å². The molecule has 0 aliphatic rings. The number of hydrogen-bond donors (Lipinski definition) is 2. The molecule has 5 heteroatoms. The van der Waals surface area contributed by atoms with Crippen molar-refractivity contribution in [2.45, 2.75) is 38.8 Å². The molecule has 2 N–H and O–H groups in total. The quantitative estimate of drug-likeness (QED) is 0.606. The SMILES string of the molecule is COC(=O)C(C)(O)CN(CCCO)C(C)C. The van der Waals surface area contributed by atoms with E-state index in [2.05, 4.69) is 4.74 Å². The zero-order valence-electron chi connectivity index (χ0n) is 10.6. The number of aliphatic hydroxyl groups is 2. The van der Waals surface area contributed by atoms with Crippen LogP contribution >= 0.6 is 0 Å². The molecule has 1 unspecified atom stereocenters. The number of rotatable bonds is 7. The highest BCUT2D eigenvalue weighted by atomic mass is 16.5. The number of aliphatic hydroxyl groups excluding tert-OH is 1. The van der Waals surface area contributed by atoms with Crippen molar-refractivity contribution in [2.75, 3.05) is 26.8 Å². The summed E-state index contributed by atoms with van der Waals surface area (Å²) in [5, 5.41) is 18.7. The number of esters is 1. The third-order valence-electron chi connectivity index (χ3n) is 2.47. The summed E-state index contributed by atoms with van der Waals surface area (Å²) in [6.07, 6.45) is 0.620. The highest BCUT2D eigenvalue weighted by Gasteiger charge is 2.34. The second kappa shape index (κ2) is 6.83. The van der Waals surface area contributed by atoms with Gasteiger partial charge in [0.1, 0.15) is 0 Å². The van der Waals surface area contributed by atoms with Crippen molar-refractivity contribution in [3.05, 3.63) is 0 Å². The maximum atomic E-state index is 11.3. The Hall–Kier alpha value is -0.650. The molecule has 0 aliphatic carbocycles. The normalized spacial score (nSPS) is 15.2. The van der Waals surface area contributed by atoms with Crippen LogP contribution in [0.25, 0.3) is 0 Å². The highest BCUT2D eigenvalue weighted by molar-refractivity contribution is 5.78. The Labute approximate surface area is 97.0 Å². The van der Waals surface area contributed by atoms with Gasteiger partial charge in [0.2, 0.25) is 0 Å². The Morgan fingerprint density at radius 2 is 2.06 bits per heavy atom. The van der Waals surface area contributed by atoms with E-state index in [-0.39, 0.29) is 19.2 Å². The minimum Gasteiger partial charge on any atom is -0.467 e. The summed E-state index contributed by atoms with van der Waals surface area (Å²) in [6.45, 7) is 6.34. The molecule has 0 saturated heterocycles. The summed E-state index contributed by atoms with van der Waals surface area (Å²) < 4.78 is 4.54. The van der Waals surface area contributed by atoms with E-state index in [4.69, 9.17) is 5.11 Å². The van der Waals surface area contributed by atoms with Gasteiger partial charge in [-0.25, -0.2) is 4.79 Å². The molecule has 0 radical (unpaired) electrons. The average molecular weight is 233 g/mol. The van der Waals surface area contributed by atoms with Gasteiger partial charge >= 0.3 is 5.97 Å². The Kier molecular flexibility index (Phi) is 6.55. The molecule has 0 saturated carbocycles. The van der Waals surface area contributed by atoms with E-state index in [9.17, 15) is 9.90 Å². The molecule has 0 bridgehead atoms. The van der Waals surface area contributed by atoms with Crippen LogP contribution in [0.3, 0.4) is 0 Å². The van der Waals surface area contributed by atoms with Crippen LogP contribution in [0.15, 0.2) is 0 Å². The molecule has 1 atom stereocenters. The number of methoxy groups -OCH3 is 1. The van der Waals surface area contributed by atoms with Crippen molar-refractivity contribution >= 4 is 5.97 Å². The Morgan fingerprint density at radius 1 is 1.50 bits per heavy atom. The summed E-state index contributed by atoms with van der Waals surface area (Å²) >= 11 is 0. The first-order valence-corrected chi connectivity index (χ1v) is 5.51. The minimum atomic E-state index is -1.51. The summed E-state index contributed by atoms with van der Waals surface area (Å²) in [7, 11) is 1.25. The largest absolute Gasteiger partial charge is 0.467 e. The van der Waals surface area contributed by atoms with Crippen LogP contribution in [0.2, 0.25) is 0 Å². The monoisotopic (exact) mass is 233 g/mol. The number of nitrogens with zero attached hydrogens (tertiary/aromatic N) is 1. The molecule has 0 heterocycles. The van der Waals surface area contributed by atoms with Crippen LogP contribution in [0.5, 0.6) is 0 Å². The van der Waals surface area contributed by atoms with Gasteiger partial charge in [-0.3, -0.25) is 4.90 Å². The zero-order chi connectivity index (χ0) is 12.8. The zero-order valence-corrected chi connectivity index (χ0v) is 10.6. The van der Waals surface area contributed by atoms with Gasteiger partial charge in [-0.15, -0.1) is 0 Å². The average Bonchev–Trinajstić information content (AvgIpc) is 2.22. The van der Waals surface area contributed by atoms with Gasteiger partial charge in [-0.2, -0.15) is 0 Å². The lowest BCUT2D eigenvalue weighted by Gasteiger charge is -2.32. The summed E-state index contributed by atoms with van der Waals surface area (Å²) in [5.41, 5.74) is -1.51. The molecule has 5 nitrogen and oxygen atoms in total. The first-order valence-electron chi connectivity index (χ1n) is 5.51. The molecule has 0 aromatic rings. The Balaban J connectivity index is 4.42. The van der Waals surface area contributed by atoms with E-state index in [1.54, 1.807) is 0 Å². The van der Waals surface area contributed by atoms with Crippen LogP contribution in [-0.4, -0.2) is 59.5 Å². The first kappa shape index (κ1) is 15.3. The molecule has 0 amide bonds. The molecule has 0 aromatic heterocycles. The maximum Gasteiger partial charge on any atom is 0.338 e. The second-order valence-electron chi connectivity index (χ2n) is 4.41. The van der Waals surface area contributed by atoms with E-state index in [1.807, 2.05) is 18.7 Å². The van der Waals surface area contributed by atoms with Crippen LogP contribution in [0.4, 0.5) is 0 Å². The molecule has 16 heavy (non-hydrogen) atoms. The number of hydrogen-bond acceptors (Lipinski definition) is 5. The molecular formula is C11H23NO4. The first-order chi connectivity index (χ1) is 7.35. The summed E-state index contributed by atoms with van der Waals surface area (Å²) in [4.78, 5) is 13.3. The molecule has 96 valence electrons. The summed E-state index contributed by atoms with van der Waals surface area (Å²) in [5.74, 6) is -0.637. The van der Waals surface area contributed by atoms with E-state index in [1.165, 1.54) is 14.0 Å². The Morgan fingerprint density at radius 3 is 2.44 bits per heavy atom. The Bertz CT molecular complexity index is 216. The molecule has 0 fully saturated rings. The number of ether oxygens (including phenoxy) is 1. The van der Waals surface area contributed by atoms with Crippen molar-refractivity contribution in [1.82, 2.24) is 4.90 Å². The van der Waals surface area contributed by atoms with Gasteiger partial charge < -0.3 is 14.9 Å². The van der Waals surface area contributed by atoms with Crippen LogP contribution in [0, 0.1) is 0 Å². The fourth-order valence-electron chi connectivity index (χ4n) is 1.47. The van der Waals surface area contributed by atoms with Crippen LogP contribution in [-0.2, 0) is 9.53 Å². The lowest BCUT2D eigenvalue weighted by atomic mass is 10.1. The number of carbonyl (C=O) groups is 1. The van der Waals surface area contributed by atoms with E-state index in [0.717, 1.165) is 0 Å². The van der Waals surface area contributed by atoms with Crippen molar-refractivity contribution in [3.8, 4) is 0 Å². The van der Waals surface area contributed by atoms with Gasteiger partial charge in [0.25, 0.3) is 0 Å². The number of carbonyl (C=O) groups excluding carboxylic acids is 1. The van der Waals surface area contributed by atoms with Gasteiger partial charge in [-0.05, 0) is 27.2 Å². The van der Waals surface area contributed by atoms with Gasteiger partial charge in [0, 0.05) is 25.7 Å². The molecule has 0 aromatic carbocycles. The van der Waals surface area contributed by atoms with Crippen molar-refractivity contribution < 1.29 is 19.7 Å². The fourth-order valence-corrected chi connectivity index (χ4v) is 1.47. The fraction of sp³-hybridized carbons (Fsp3) is 0.909. The lowest BCUT2D eigenvalue weighted by Crippen LogP contribution is -2.49. The van der Waals surface area contributed by atoms with Gasteiger partial charge in [0.05, 0.1) is 7.11 Å². The third-order valence-corrected chi connectivity index (χ3v) is 2.47. The minimum absolute atomic E-state index is 0.101. The van der Waals surface area contributed by atoms with Gasteiger partial charge in [-0.1, -0.05) is 0 Å². The maximum absolute atomic E-state index is 11.3.